The van der Waals surface area contributed by atoms with Crippen molar-refractivity contribution in [2.24, 2.45) is 7.05 Å². The molecule has 2 aromatic carbocycles. The molecule has 0 atom stereocenters. The number of anilines is 1. The number of halogens is 4. The Morgan fingerprint density at radius 2 is 1.72 bits per heavy atom. The van der Waals surface area contributed by atoms with Crippen molar-refractivity contribution < 1.29 is 26.3 Å². The van der Waals surface area contributed by atoms with Gasteiger partial charge in [-0.05, 0) is 37.1 Å². The third kappa shape index (κ3) is 5.36. The summed E-state index contributed by atoms with van der Waals surface area (Å²) >= 11 is 2.92. The van der Waals surface area contributed by atoms with Gasteiger partial charge in [0.25, 0.3) is 10.0 Å². The number of nitrogens with zero attached hydrogens (tertiary/aromatic N) is 4. The van der Waals surface area contributed by atoms with Gasteiger partial charge >= 0.3 is 6.18 Å². The fourth-order valence-electron chi connectivity index (χ4n) is 3.56. The average Bonchev–Trinajstić information content (AvgIpc) is 3.20. The Bertz CT molecular complexity index is 1530. The van der Waals surface area contributed by atoms with Crippen molar-refractivity contribution in [3.05, 3.63) is 76.0 Å². The largest absolute Gasteiger partial charge is 0.438 e. The van der Waals surface area contributed by atoms with Crippen molar-refractivity contribution in [2.75, 3.05) is 4.72 Å². The van der Waals surface area contributed by atoms with E-state index in [1.54, 1.807) is 7.05 Å². The Kier molecular flexibility index (Phi) is 6.80. The van der Waals surface area contributed by atoms with Gasteiger partial charge in [0, 0.05) is 29.3 Å². The van der Waals surface area contributed by atoms with Crippen LogP contribution in [-0.2, 0) is 23.2 Å². The Balaban J connectivity index is 1.85. The van der Waals surface area contributed by atoms with Crippen LogP contribution in [0.1, 0.15) is 16.7 Å². The lowest BCUT2D eigenvalue weighted by molar-refractivity contribution is -0.139. The van der Waals surface area contributed by atoms with Crippen LogP contribution in [0.2, 0.25) is 0 Å². The SMILES string of the molecule is Cc1cccc(C)c1-c1cc(Oc2cccc(Br)c2C(F)(F)F)nc(NS(=O)(=O)c2cnn(C)c2)n1. The number of nitrogens with one attached hydrogen (secondary N) is 1. The molecule has 0 bridgehead atoms. The second-order valence-corrected chi connectivity index (χ2v) is 10.4. The monoisotopic (exact) mass is 581 g/mol. The average molecular weight is 582 g/mol. The molecule has 0 spiro atoms. The normalized spacial score (nSPS) is 12.0. The smallest absolute Gasteiger partial charge is 0.421 e. The van der Waals surface area contributed by atoms with E-state index in [0.717, 1.165) is 23.4 Å². The molecule has 8 nitrogen and oxygen atoms in total. The van der Waals surface area contributed by atoms with Gasteiger partial charge in [0.05, 0.1) is 11.9 Å². The van der Waals surface area contributed by atoms with Gasteiger partial charge in [-0.15, -0.1) is 0 Å². The number of rotatable bonds is 6. The minimum Gasteiger partial charge on any atom is -0.438 e. The van der Waals surface area contributed by atoms with E-state index in [4.69, 9.17) is 4.74 Å². The first-order valence-corrected chi connectivity index (χ1v) is 12.6. The lowest BCUT2D eigenvalue weighted by atomic mass is 10.00. The van der Waals surface area contributed by atoms with Gasteiger partial charge in [0.2, 0.25) is 11.8 Å². The van der Waals surface area contributed by atoms with E-state index in [1.165, 1.54) is 29.1 Å². The van der Waals surface area contributed by atoms with Crippen molar-refractivity contribution in [1.82, 2.24) is 19.7 Å². The Morgan fingerprint density at radius 1 is 1.06 bits per heavy atom. The van der Waals surface area contributed by atoms with Crippen molar-refractivity contribution in [3.8, 4) is 22.9 Å². The molecule has 0 saturated carbocycles. The van der Waals surface area contributed by atoms with E-state index in [2.05, 4.69) is 35.7 Å². The van der Waals surface area contributed by atoms with Gasteiger partial charge < -0.3 is 4.74 Å². The summed E-state index contributed by atoms with van der Waals surface area (Å²) in [5, 5.41) is 3.85. The van der Waals surface area contributed by atoms with Crippen LogP contribution in [0.3, 0.4) is 0 Å². The molecule has 4 rings (SSSR count). The van der Waals surface area contributed by atoms with E-state index < -0.39 is 27.5 Å². The summed E-state index contributed by atoms with van der Waals surface area (Å²) in [7, 11) is -2.59. The molecule has 13 heteroatoms. The molecular formula is C23H19BrF3N5O3S. The molecule has 2 heterocycles. The topological polar surface area (TPSA) is 99.0 Å². The van der Waals surface area contributed by atoms with Crippen molar-refractivity contribution >= 4 is 31.9 Å². The maximum Gasteiger partial charge on any atom is 0.421 e. The van der Waals surface area contributed by atoms with E-state index in [-0.39, 0.29) is 26.9 Å². The number of ether oxygens (including phenoxy) is 1. The second-order valence-electron chi connectivity index (χ2n) is 7.85. The lowest BCUT2D eigenvalue weighted by Gasteiger charge is -2.16. The van der Waals surface area contributed by atoms with Crippen LogP contribution in [0.15, 0.2) is 64.2 Å². The Morgan fingerprint density at radius 3 is 2.33 bits per heavy atom. The van der Waals surface area contributed by atoms with Crippen molar-refractivity contribution in [2.45, 2.75) is 24.9 Å². The molecule has 1 N–H and O–H groups in total. The molecule has 36 heavy (non-hydrogen) atoms. The van der Waals surface area contributed by atoms with Crippen molar-refractivity contribution in [3.63, 3.8) is 0 Å². The number of aryl methyl sites for hydroxylation is 3. The van der Waals surface area contributed by atoms with E-state index in [1.807, 2.05) is 32.0 Å². The predicted octanol–water partition coefficient (Wildman–Crippen LogP) is 5.87. The minimum absolute atomic E-state index is 0.139. The maximum absolute atomic E-state index is 13.7. The molecule has 2 aromatic heterocycles. The van der Waals surface area contributed by atoms with Crippen LogP contribution >= 0.6 is 15.9 Å². The first kappa shape index (κ1) is 25.6. The van der Waals surface area contributed by atoms with Crippen LogP contribution in [0.25, 0.3) is 11.3 Å². The summed E-state index contributed by atoms with van der Waals surface area (Å²) in [6, 6.07) is 10.6. The maximum atomic E-state index is 13.7. The number of benzene rings is 2. The van der Waals surface area contributed by atoms with E-state index in [9.17, 15) is 21.6 Å². The summed E-state index contributed by atoms with van der Waals surface area (Å²) < 4.78 is 75.8. The molecule has 0 fully saturated rings. The van der Waals surface area contributed by atoms with Crippen LogP contribution in [0, 0.1) is 13.8 Å². The van der Waals surface area contributed by atoms with Crippen LogP contribution in [0.4, 0.5) is 19.1 Å². The second kappa shape index (κ2) is 9.54. The fourth-order valence-corrected chi connectivity index (χ4v) is 5.06. The fraction of sp³-hybridized carbons (Fsp3) is 0.174. The molecule has 0 unspecified atom stereocenters. The van der Waals surface area contributed by atoms with Crippen LogP contribution in [0.5, 0.6) is 11.6 Å². The van der Waals surface area contributed by atoms with Crippen molar-refractivity contribution in [1.29, 1.82) is 0 Å². The number of alkyl halides is 3. The lowest BCUT2D eigenvalue weighted by Crippen LogP contribution is -2.15. The van der Waals surface area contributed by atoms with Crippen LogP contribution in [-0.4, -0.2) is 28.2 Å². The highest BCUT2D eigenvalue weighted by Crippen LogP contribution is 2.42. The van der Waals surface area contributed by atoms with Gasteiger partial charge in [-0.25, -0.2) is 18.1 Å². The molecule has 0 amide bonds. The Hall–Kier alpha value is -3.45. The Labute approximate surface area is 213 Å². The summed E-state index contributed by atoms with van der Waals surface area (Å²) in [6.45, 7) is 3.67. The summed E-state index contributed by atoms with van der Waals surface area (Å²) in [6.07, 6.45) is -2.29. The molecule has 0 aliphatic carbocycles. The molecular weight excluding hydrogens is 563 g/mol. The molecule has 4 aromatic rings. The zero-order chi connectivity index (χ0) is 26.3. The first-order valence-electron chi connectivity index (χ1n) is 10.4. The van der Waals surface area contributed by atoms with Crippen LogP contribution < -0.4 is 9.46 Å². The predicted molar refractivity (Wildman–Crippen MR) is 130 cm³/mol. The number of aromatic nitrogens is 4. The summed E-state index contributed by atoms with van der Waals surface area (Å²) in [5.74, 6) is -1.17. The van der Waals surface area contributed by atoms with Gasteiger partial charge in [0.1, 0.15) is 16.2 Å². The first-order chi connectivity index (χ1) is 16.8. The van der Waals surface area contributed by atoms with Gasteiger partial charge in [-0.1, -0.05) is 40.2 Å². The molecule has 0 aliphatic heterocycles. The number of hydrogen-bond donors (Lipinski definition) is 1. The highest BCUT2D eigenvalue weighted by molar-refractivity contribution is 9.10. The highest BCUT2D eigenvalue weighted by Gasteiger charge is 2.37. The number of hydrogen-bond acceptors (Lipinski definition) is 6. The minimum atomic E-state index is -4.72. The molecule has 0 radical (unpaired) electrons. The number of sulfonamides is 1. The van der Waals surface area contributed by atoms with Gasteiger partial charge in [-0.3, -0.25) is 4.68 Å². The third-order valence-electron chi connectivity index (χ3n) is 5.13. The summed E-state index contributed by atoms with van der Waals surface area (Å²) in [5.41, 5.74) is 1.54. The zero-order valence-electron chi connectivity index (χ0n) is 19.1. The quantitative estimate of drug-likeness (QED) is 0.306. The molecule has 0 saturated heterocycles. The third-order valence-corrected chi connectivity index (χ3v) is 7.07. The highest BCUT2D eigenvalue weighted by atomic mass is 79.9. The van der Waals surface area contributed by atoms with Gasteiger partial charge in [-0.2, -0.15) is 23.3 Å². The van der Waals surface area contributed by atoms with E-state index in [0.29, 0.717) is 5.56 Å². The molecule has 0 aliphatic rings. The van der Waals surface area contributed by atoms with E-state index >= 15 is 0 Å². The van der Waals surface area contributed by atoms with Gasteiger partial charge in [0.15, 0.2) is 0 Å². The summed E-state index contributed by atoms with van der Waals surface area (Å²) in [4.78, 5) is 8.24. The molecule has 188 valence electrons. The zero-order valence-corrected chi connectivity index (χ0v) is 21.5. The standard InChI is InChI=1S/C23H19BrF3N5O3S/c1-13-6-4-7-14(2)20(13)17-10-19(35-18-9-5-8-16(24)21(18)23(25,26)27)30-22(29-17)31-36(33,34)15-11-28-32(3)12-15/h4-12H,1-3H3,(H,29,30,31).